The Hall–Kier alpha value is -2.57. The highest BCUT2D eigenvalue weighted by atomic mass is 16.7. The van der Waals surface area contributed by atoms with Crippen LogP contribution in [0.5, 0.6) is 0 Å². The highest BCUT2D eigenvalue weighted by molar-refractivity contribution is 6.62. The molecule has 1 N–H and O–H groups in total. The summed E-state index contributed by atoms with van der Waals surface area (Å²) in [4.78, 5) is 7.98. The van der Waals surface area contributed by atoms with Crippen molar-refractivity contribution < 1.29 is 13.7 Å². The van der Waals surface area contributed by atoms with Crippen LogP contribution in [-0.4, -0.2) is 28.3 Å². The molecule has 136 valence electrons. The first-order valence-electron chi connectivity index (χ1n) is 9.17. The smallest absolute Gasteiger partial charge is 0.435 e. The molecule has 0 bridgehead atoms. The molecule has 2 aromatic heterocycles. The molecular weight excluding hydrogens is 339 g/mol. The van der Waals surface area contributed by atoms with Crippen LogP contribution >= 0.6 is 0 Å². The number of para-hydroxylation sites is 2. The Morgan fingerprint density at radius 2 is 1.67 bits per heavy atom. The van der Waals surface area contributed by atoms with Crippen molar-refractivity contribution in [2.75, 3.05) is 0 Å². The first-order chi connectivity index (χ1) is 12.8. The molecular formula is C21H21BN2O3. The monoisotopic (exact) mass is 360 g/mol. The van der Waals surface area contributed by atoms with Gasteiger partial charge in [-0.2, -0.15) is 0 Å². The number of aromatic nitrogens is 2. The number of rotatable bonds is 2. The highest BCUT2D eigenvalue weighted by Crippen LogP contribution is 2.36. The Bertz CT molecular complexity index is 1110. The van der Waals surface area contributed by atoms with Crippen molar-refractivity contribution in [3.05, 3.63) is 48.5 Å². The maximum atomic E-state index is 6.16. The number of hydrogen-bond acceptors (Lipinski definition) is 4. The summed E-state index contributed by atoms with van der Waals surface area (Å²) in [6.07, 6.45) is 0. The number of nitrogens with one attached hydrogen (secondary N) is 1. The first-order valence-corrected chi connectivity index (χ1v) is 9.17. The molecule has 6 heteroatoms. The van der Waals surface area contributed by atoms with Gasteiger partial charge < -0.3 is 18.7 Å². The number of fused-ring (bicyclic) bond motifs is 2. The van der Waals surface area contributed by atoms with Crippen LogP contribution in [0, 0.1) is 0 Å². The molecule has 0 atom stereocenters. The maximum Gasteiger partial charge on any atom is 0.494 e. The van der Waals surface area contributed by atoms with Crippen LogP contribution in [0.1, 0.15) is 27.7 Å². The third-order valence-electron chi connectivity index (χ3n) is 5.70. The molecule has 0 spiro atoms. The lowest BCUT2D eigenvalue weighted by Gasteiger charge is -2.32. The van der Waals surface area contributed by atoms with E-state index in [1.54, 1.807) is 0 Å². The summed E-state index contributed by atoms with van der Waals surface area (Å²) in [5, 5.41) is 1.09. The van der Waals surface area contributed by atoms with Gasteiger partial charge in [0.1, 0.15) is 11.2 Å². The van der Waals surface area contributed by atoms with Crippen LogP contribution in [0.3, 0.4) is 0 Å². The average molecular weight is 360 g/mol. The predicted octanol–water partition coefficient (Wildman–Crippen LogP) is 4.28. The zero-order valence-corrected chi connectivity index (χ0v) is 15.9. The molecule has 5 rings (SSSR count). The van der Waals surface area contributed by atoms with Gasteiger partial charge >= 0.3 is 7.12 Å². The fraction of sp³-hybridized carbons (Fsp3) is 0.286. The summed E-state index contributed by atoms with van der Waals surface area (Å²) in [5.74, 6) is 0.588. The Labute approximate surface area is 157 Å². The molecule has 1 fully saturated rings. The summed E-state index contributed by atoms with van der Waals surface area (Å²) in [7, 11) is -0.379. The number of aromatic amines is 1. The normalized spacial score (nSPS) is 18.6. The summed E-state index contributed by atoms with van der Waals surface area (Å²) >= 11 is 0. The maximum absolute atomic E-state index is 6.16. The Morgan fingerprint density at radius 1 is 0.926 bits per heavy atom. The van der Waals surface area contributed by atoms with Gasteiger partial charge in [-0.25, -0.2) is 4.98 Å². The van der Waals surface area contributed by atoms with E-state index in [-0.39, 0.29) is 18.3 Å². The number of benzene rings is 2. The Morgan fingerprint density at radius 3 is 2.41 bits per heavy atom. The minimum absolute atomic E-state index is 0.355. The van der Waals surface area contributed by atoms with Gasteiger partial charge in [-0.3, -0.25) is 0 Å². The minimum atomic E-state index is -0.379. The molecule has 0 aliphatic carbocycles. The van der Waals surface area contributed by atoms with Crippen molar-refractivity contribution in [3.8, 4) is 11.6 Å². The van der Waals surface area contributed by atoms with Crippen molar-refractivity contribution in [2.24, 2.45) is 0 Å². The van der Waals surface area contributed by atoms with E-state index in [2.05, 4.69) is 49.8 Å². The molecule has 27 heavy (non-hydrogen) atoms. The highest BCUT2D eigenvalue weighted by Gasteiger charge is 2.51. The number of H-pyrrole nitrogens is 1. The fourth-order valence-electron chi connectivity index (χ4n) is 3.37. The van der Waals surface area contributed by atoms with Crippen molar-refractivity contribution in [1.82, 2.24) is 9.97 Å². The lowest BCUT2D eigenvalue weighted by molar-refractivity contribution is 0.00578. The molecule has 5 nitrogen and oxygen atoms in total. The predicted molar refractivity (Wildman–Crippen MR) is 107 cm³/mol. The topological polar surface area (TPSA) is 60.3 Å². The summed E-state index contributed by atoms with van der Waals surface area (Å²) in [6.45, 7) is 8.24. The van der Waals surface area contributed by atoms with Gasteiger partial charge in [0.25, 0.3) is 0 Å². The number of hydrogen-bond donors (Lipinski definition) is 1. The molecule has 2 aromatic carbocycles. The van der Waals surface area contributed by atoms with Gasteiger partial charge in [-0.15, -0.1) is 0 Å². The fourth-order valence-corrected chi connectivity index (χ4v) is 3.37. The van der Waals surface area contributed by atoms with E-state index in [1.807, 2.05) is 36.4 Å². The van der Waals surface area contributed by atoms with E-state index in [4.69, 9.17) is 13.7 Å². The van der Waals surface area contributed by atoms with Crippen molar-refractivity contribution in [2.45, 2.75) is 38.9 Å². The van der Waals surface area contributed by atoms with Crippen molar-refractivity contribution >= 4 is 34.6 Å². The van der Waals surface area contributed by atoms with E-state index in [0.29, 0.717) is 5.89 Å². The summed E-state index contributed by atoms with van der Waals surface area (Å²) in [6, 6.07) is 16.0. The molecule has 1 saturated heterocycles. The second kappa shape index (κ2) is 5.47. The van der Waals surface area contributed by atoms with Crippen molar-refractivity contribution in [1.29, 1.82) is 0 Å². The average Bonchev–Trinajstić information content (AvgIpc) is 3.28. The molecule has 4 aromatic rings. The third kappa shape index (κ3) is 2.59. The number of oxazole rings is 1. The minimum Gasteiger partial charge on any atom is -0.435 e. The van der Waals surface area contributed by atoms with Crippen molar-refractivity contribution in [3.63, 3.8) is 0 Å². The molecule has 1 aliphatic rings. The summed E-state index contributed by atoms with van der Waals surface area (Å²) in [5.41, 5.74) is 3.77. The molecule has 3 heterocycles. The van der Waals surface area contributed by atoms with Crippen LogP contribution in [0.15, 0.2) is 52.9 Å². The zero-order chi connectivity index (χ0) is 18.8. The standard InChI is InChI=1S/C21H21BN2O3/c1-20(2)21(3,4)27-22(26-20)14-10-9-13-11-17(23-16(13)12-14)19-24-15-7-5-6-8-18(15)25-19/h5-12,23H,1-4H3. The van der Waals surface area contributed by atoms with Gasteiger partial charge in [-0.1, -0.05) is 24.3 Å². The summed E-state index contributed by atoms with van der Waals surface area (Å²) < 4.78 is 18.2. The van der Waals surface area contributed by atoms with Gasteiger partial charge in [-0.05, 0) is 57.4 Å². The SMILES string of the molecule is CC1(C)OB(c2ccc3cc(-c4nc5ccccc5o4)[nH]c3c2)OC1(C)C. The zero-order valence-electron chi connectivity index (χ0n) is 15.9. The molecule has 0 amide bonds. The Kier molecular flexibility index (Phi) is 3.36. The van der Waals surface area contributed by atoms with E-state index >= 15 is 0 Å². The van der Waals surface area contributed by atoms with E-state index < -0.39 is 0 Å². The van der Waals surface area contributed by atoms with Crippen LogP contribution in [0.25, 0.3) is 33.6 Å². The number of nitrogens with zero attached hydrogens (tertiary/aromatic N) is 1. The van der Waals surface area contributed by atoms with Crippen LogP contribution < -0.4 is 5.46 Å². The molecule has 0 saturated carbocycles. The largest absolute Gasteiger partial charge is 0.494 e. The lowest BCUT2D eigenvalue weighted by atomic mass is 9.79. The lowest BCUT2D eigenvalue weighted by Crippen LogP contribution is -2.41. The van der Waals surface area contributed by atoms with Gasteiger partial charge in [0.05, 0.1) is 11.2 Å². The van der Waals surface area contributed by atoms with Gasteiger partial charge in [0.2, 0.25) is 5.89 Å². The van der Waals surface area contributed by atoms with E-state index in [0.717, 1.165) is 33.2 Å². The van der Waals surface area contributed by atoms with Gasteiger partial charge in [0.15, 0.2) is 5.58 Å². The quantitative estimate of drug-likeness (QED) is 0.542. The Balaban J connectivity index is 1.52. The molecule has 1 aliphatic heterocycles. The van der Waals surface area contributed by atoms with E-state index in [1.165, 1.54) is 0 Å². The second-order valence-electron chi connectivity index (χ2n) is 8.10. The van der Waals surface area contributed by atoms with Crippen LogP contribution in [-0.2, 0) is 9.31 Å². The van der Waals surface area contributed by atoms with Gasteiger partial charge in [0, 0.05) is 10.9 Å². The third-order valence-corrected chi connectivity index (χ3v) is 5.70. The molecule has 0 radical (unpaired) electrons. The van der Waals surface area contributed by atoms with Crippen LogP contribution in [0.4, 0.5) is 0 Å². The van der Waals surface area contributed by atoms with E-state index in [9.17, 15) is 0 Å². The second-order valence-corrected chi connectivity index (χ2v) is 8.10. The molecule has 0 unspecified atom stereocenters. The van der Waals surface area contributed by atoms with Crippen LogP contribution in [0.2, 0.25) is 0 Å². The first kappa shape index (κ1) is 16.6.